The molecule has 5 rings (SSSR count). The Kier molecular flexibility index (Phi) is 6.06. The van der Waals surface area contributed by atoms with Gasteiger partial charge in [-0.1, -0.05) is 18.2 Å². The van der Waals surface area contributed by atoms with Gasteiger partial charge in [-0.15, -0.1) is 0 Å². The van der Waals surface area contributed by atoms with Gasteiger partial charge in [-0.2, -0.15) is 10.4 Å². The number of piperazine rings is 1. The summed E-state index contributed by atoms with van der Waals surface area (Å²) < 4.78 is 6.66. The van der Waals surface area contributed by atoms with Crippen LogP contribution in [0.1, 0.15) is 32.6 Å². The monoisotopic (exact) mass is 456 g/mol. The van der Waals surface area contributed by atoms with Crippen molar-refractivity contribution in [1.29, 1.82) is 5.26 Å². The lowest BCUT2D eigenvalue weighted by molar-refractivity contribution is -0.132. The fraction of sp³-hybridized carbons (Fsp3) is 0.320. The smallest absolute Gasteiger partial charge is 0.338 e. The maximum atomic E-state index is 12.9. The highest BCUT2D eigenvalue weighted by Crippen LogP contribution is 2.21. The third kappa shape index (κ3) is 4.54. The predicted octanol–water partition coefficient (Wildman–Crippen LogP) is 1.74. The zero-order valence-corrected chi connectivity index (χ0v) is 18.7. The third-order valence-electron chi connectivity index (χ3n) is 6.43. The van der Waals surface area contributed by atoms with Crippen LogP contribution in [0.2, 0.25) is 0 Å². The second-order valence-corrected chi connectivity index (χ2v) is 8.51. The molecule has 3 heterocycles. The summed E-state index contributed by atoms with van der Waals surface area (Å²) in [5, 5.41) is 13.6. The molecule has 2 aliphatic heterocycles. The summed E-state index contributed by atoms with van der Waals surface area (Å²) in [7, 11) is 0. The number of carbonyl (C=O) groups excluding carboxylic acids is 2. The lowest BCUT2D eigenvalue weighted by atomic mass is 10.0. The fourth-order valence-electron chi connectivity index (χ4n) is 4.43. The SMILES string of the molecule is N#Cc1cc(-n2cncn2)ccc1CC(=O)N1CCN(CCc2ccc3c(c2)COC3=O)CC1. The number of aromatic nitrogens is 3. The minimum Gasteiger partial charge on any atom is -0.457 e. The number of nitrogens with zero attached hydrogens (tertiary/aromatic N) is 6. The first-order chi connectivity index (χ1) is 16.6. The first-order valence-electron chi connectivity index (χ1n) is 11.3. The van der Waals surface area contributed by atoms with Crippen LogP contribution in [0.3, 0.4) is 0 Å². The molecule has 0 unspecified atom stereocenters. The topological polar surface area (TPSA) is 104 Å². The average molecular weight is 457 g/mol. The van der Waals surface area contributed by atoms with Crippen molar-refractivity contribution < 1.29 is 14.3 Å². The van der Waals surface area contributed by atoms with Crippen LogP contribution in [0.4, 0.5) is 0 Å². The zero-order valence-electron chi connectivity index (χ0n) is 18.7. The Morgan fingerprint density at radius 1 is 1.12 bits per heavy atom. The molecule has 1 amide bonds. The van der Waals surface area contributed by atoms with Crippen LogP contribution in [-0.4, -0.2) is 69.2 Å². The van der Waals surface area contributed by atoms with Gasteiger partial charge in [-0.25, -0.2) is 14.5 Å². The first-order valence-corrected chi connectivity index (χ1v) is 11.3. The molecule has 0 atom stereocenters. The summed E-state index contributed by atoms with van der Waals surface area (Å²) in [6, 6.07) is 13.5. The summed E-state index contributed by atoms with van der Waals surface area (Å²) in [6.45, 7) is 4.23. The highest BCUT2D eigenvalue weighted by atomic mass is 16.5. The molecular formula is C25H24N6O3. The zero-order chi connectivity index (χ0) is 23.5. The quantitative estimate of drug-likeness (QED) is 0.521. The van der Waals surface area contributed by atoms with E-state index in [0.29, 0.717) is 30.8 Å². The molecule has 0 bridgehead atoms. The minimum absolute atomic E-state index is 0.0351. The van der Waals surface area contributed by atoms with Gasteiger partial charge in [-0.3, -0.25) is 9.69 Å². The molecule has 0 spiro atoms. The number of hydrogen-bond donors (Lipinski definition) is 0. The largest absolute Gasteiger partial charge is 0.457 e. The number of fused-ring (bicyclic) bond motifs is 1. The van der Waals surface area contributed by atoms with Gasteiger partial charge >= 0.3 is 5.97 Å². The number of carbonyl (C=O) groups is 2. The van der Waals surface area contributed by atoms with Crippen molar-refractivity contribution in [3.8, 4) is 11.8 Å². The van der Waals surface area contributed by atoms with E-state index in [4.69, 9.17) is 4.74 Å². The maximum Gasteiger partial charge on any atom is 0.338 e. The van der Waals surface area contributed by atoms with E-state index < -0.39 is 0 Å². The molecule has 34 heavy (non-hydrogen) atoms. The highest BCUT2D eigenvalue weighted by molar-refractivity contribution is 5.93. The standard InChI is InChI=1S/C25H24N6O3/c26-14-20-12-22(31-17-27-16-28-31)3-2-19(20)13-24(32)30-9-7-29(8-10-30)6-5-18-1-4-23-21(11-18)15-34-25(23)33/h1-4,11-12,16-17H,5-10,13,15H2. The Morgan fingerprint density at radius 3 is 2.74 bits per heavy atom. The second kappa shape index (κ2) is 9.45. The van der Waals surface area contributed by atoms with E-state index in [1.807, 2.05) is 29.2 Å². The van der Waals surface area contributed by atoms with E-state index in [9.17, 15) is 14.9 Å². The number of rotatable bonds is 6. The van der Waals surface area contributed by atoms with Crippen molar-refractivity contribution in [1.82, 2.24) is 24.6 Å². The van der Waals surface area contributed by atoms with Crippen LogP contribution in [0.25, 0.3) is 5.69 Å². The second-order valence-electron chi connectivity index (χ2n) is 8.51. The van der Waals surface area contributed by atoms with Crippen molar-refractivity contribution in [3.05, 3.63) is 76.9 Å². The molecule has 9 nitrogen and oxygen atoms in total. The number of hydrogen-bond acceptors (Lipinski definition) is 7. The molecule has 172 valence electrons. The van der Waals surface area contributed by atoms with Gasteiger partial charge in [0.1, 0.15) is 19.3 Å². The van der Waals surface area contributed by atoms with Crippen molar-refractivity contribution in [2.75, 3.05) is 32.7 Å². The van der Waals surface area contributed by atoms with Crippen LogP contribution in [0.15, 0.2) is 49.1 Å². The Hall–Kier alpha value is -4.03. The normalized spacial score (nSPS) is 15.6. The average Bonchev–Trinajstić information content (AvgIpc) is 3.53. The van der Waals surface area contributed by atoms with Gasteiger partial charge in [-0.05, 0) is 35.7 Å². The summed E-state index contributed by atoms with van der Waals surface area (Å²) in [5.41, 5.74) is 4.75. The molecular weight excluding hydrogens is 432 g/mol. The Balaban J connectivity index is 1.13. The summed E-state index contributed by atoms with van der Waals surface area (Å²) in [5.74, 6) is -0.205. The number of esters is 1. The molecule has 1 fully saturated rings. The number of nitriles is 1. The van der Waals surface area contributed by atoms with Crippen LogP contribution in [0.5, 0.6) is 0 Å². The van der Waals surface area contributed by atoms with Gasteiger partial charge < -0.3 is 9.64 Å². The molecule has 3 aromatic rings. The Labute approximate surface area is 197 Å². The first kappa shape index (κ1) is 21.8. The summed E-state index contributed by atoms with van der Waals surface area (Å²) in [4.78, 5) is 32.7. The van der Waals surface area contributed by atoms with Gasteiger partial charge in [0.05, 0.1) is 29.3 Å². The Morgan fingerprint density at radius 2 is 1.97 bits per heavy atom. The van der Waals surface area contributed by atoms with E-state index in [0.717, 1.165) is 42.9 Å². The molecule has 2 aliphatic rings. The highest BCUT2D eigenvalue weighted by Gasteiger charge is 2.23. The molecule has 0 N–H and O–H groups in total. The number of amides is 1. The van der Waals surface area contributed by atoms with Gasteiger partial charge in [0.15, 0.2) is 0 Å². The number of benzene rings is 2. The minimum atomic E-state index is -0.240. The number of ether oxygens (including phenoxy) is 1. The van der Waals surface area contributed by atoms with E-state index in [1.165, 1.54) is 11.9 Å². The van der Waals surface area contributed by atoms with Crippen molar-refractivity contribution in [2.45, 2.75) is 19.4 Å². The van der Waals surface area contributed by atoms with Gasteiger partial charge in [0.2, 0.25) is 5.91 Å². The molecule has 9 heteroatoms. The van der Waals surface area contributed by atoms with Crippen molar-refractivity contribution >= 4 is 11.9 Å². The molecule has 0 radical (unpaired) electrons. The lowest BCUT2D eigenvalue weighted by Gasteiger charge is -2.35. The molecule has 2 aromatic carbocycles. The number of cyclic esters (lactones) is 1. The maximum absolute atomic E-state index is 12.9. The molecule has 0 aliphatic carbocycles. The van der Waals surface area contributed by atoms with Crippen molar-refractivity contribution in [3.63, 3.8) is 0 Å². The Bertz CT molecular complexity index is 1260. The van der Waals surface area contributed by atoms with E-state index in [1.54, 1.807) is 17.1 Å². The third-order valence-corrected chi connectivity index (χ3v) is 6.43. The van der Waals surface area contributed by atoms with E-state index in [2.05, 4.69) is 27.1 Å². The van der Waals surface area contributed by atoms with Gasteiger partial charge in [0.25, 0.3) is 0 Å². The molecule has 1 aromatic heterocycles. The predicted molar refractivity (Wildman–Crippen MR) is 122 cm³/mol. The lowest BCUT2D eigenvalue weighted by Crippen LogP contribution is -2.49. The van der Waals surface area contributed by atoms with Crippen molar-refractivity contribution in [2.24, 2.45) is 0 Å². The summed E-state index contributed by atoms with van der Waals surface area (Å²) in [6.07, 6.45) is 4.10. The van der Waals surface area contributed by atoms with E-state index >= 15 is 0 Å². The van der Waals surface area contributed by atoms with Crippen LogP contribution < -0.4 is 0 Å². The van der Waals surface area contributed by atoms with Crippen LogP contribution >= 0.6 is 0 Å². The van der Waals surface area contributed by atoms with Crippen LogP contribution in [0, 0.1) is 11.3 Å². The summed E-state index contributed by atoms with van der Waals surface area (Å²) >= 11 is 0. The van der Waals surface area contributed by atoms with Crippen LogP contribution in [-0.2, 0) is 29.0 Å². The molecule has 0 saturated carbocycles. The van der Waals surface area contributed by atoms with Gasteiger partial charge in [0, 0.05) is 38.3 Å². The molecule has 1 saturated heterocycles. The fourth-order valence-corrected chi connectivity index (χ4v) is 4.43. The van der Waals surface area contributed by atoms with E-state index in [-0.39, 0.29) is 18.3 Å².